The van der Waals surface area contributed by atoms with Crippen molar-refractivity contribution in [3.8, 4) is 0 Å². The second kappa shape index (κ2) is 39.8. The lowest BCUT2D eigenvalue weighted by Crippen LogP contribution is -2.17. The molecule has 8 aromatic rings. The maximum atomic E-state index is 8.58. The van der Waals surface area contributed by atoms with Gasteiger partial charge in [0.05, 0.1) is 28.6 Å². The van der Waals surface area contributed by atoms with Crippen molar-refractivity contribution in [1.82, 2.24) is 0 Å². The van der Waals surface area contributed by atoms with Crippen LogP contribution in [0, 0.1) is 23.7 Å². The number of thioether (sulfide) groups is 12. The van der Waals surface area contributed by atoms with Crippen molar-refractivity contribution in [2.75, 3.05) is 23.0 Å². The summed E-state index contributed by atoms with van der Waals surface area (Å²) in [5.74, 6) is 8.91. The van der Waals surface area contributed by atoms with E-state index in [4.69, 9.17) is 46.4 Å². The third-order valence-electron chi connectivity index (χ3n) is 21.9. The average molecular weight is 1890 g/mol. The number of halogens is 4. The minimum Gasteiger partial charge on any atom is -0.124 e. The van der Waals surface area contributed by atoms with Gasteiger partial charge in [-0.15, -0.1) is 94.1 Å². The maximum absolute atomic E-state index is 8.58. The largest absolute Gasteiger partial charge is 0.124 e. The van der Waals surface area contributed by atoms with Crippen LogP contribution in [0.25, 0.3) is 21.5 Å². The minimum absolute atomic E-state index is 0.0316. The maximum Gasteiger partial charge on any atom is 0.0707 e. The van der Waals surface area contributed by atoms with E-state index in [-0.39, 0.29) is 43.3 Å². The van der Waals surface area contributed by atoms with Crippen molar-refractivity contribution in [2.24, 2.45) is 23.7 Å². The number of benzene rings is 8. The Labute approximate surface area is 787 Å². The topological polar surface area (TPSA) is 0 Å². The van der Waals surface area contributed by atoms with Crippen molar-refractivity contribution >= 4 is 209 Å². The first-order valence-electron chi connectivity index (χ1n) is 42.7. The van der Waals surface area contributed by atoms with Gasteiger partial charge in [-0.1, -0.05) is 388 Å². The van der Waals surface area contributed by atoms with Crippen LogP contribution in [0.15, 0.2) is 140 Å². The lowest BCUT2D eigenvalue weighted by atomic mass is 9.80. The number of hydrogen-bond acceptors (Lipinski definition) is 12. The predicted octanol–water partition coefficient (Wildman–Crippen LogP) is 38.9. The number of rotatable bonds is 28. The Balaban J connectivity index is 1.26. The molecule has 0 bridgehead atoms. The summed E-state index contributed by atoms with van der Waals surface area (Å²) >= 11 is 57.4. The van der Waals surface area contributed by atoms with Crippen LogP contribution >= 0.6 is 188 Å². The second-order valence-corrected chi connectivity index (χ2v) is 57.1. The van der Waals surface area contributed by atoms with Gasteiger partial charge in [-0.2, -0.15) is 0 Å². The minimum atomic E-state index is -0.0417. The molecule has 0 fully saturated rings. The summed E-state index contributed by atoms with van der Waals surface area (Å²) in [6.07, 6.45) is 4.25. The Morgan fingerprint density at radius 2 is 0.415 bits per heavy atom. The highest BCUT2D eigenvalue weighted by Gasteiger charge is 2.40. The summed E-state index contributed by atoms with van der Waals surface area (Å²) in [5.41, 5.74) is 15.9. The van der Waals surface area contributed by atoms with E-state index in [0.717, 1.165) is 111 Å². The summed E-state index contributed by atoms with van der Waals surface area (Å²) in [6.45, 7) is 75.3. The number of hydrogen-bond donors (Lipinski definition) is 0. The van der Waals surface area contributed by atoms with Crippen molar-refractivity contribution in [2.45, 2.75) is 372 Å². The molecule has 0 amide bonds. The van der Waals surface area contributed by atoms with Crippen molar-refractivity contribution in [1.29, 1.82) is 0 Å². The zero-order valence-electron chi connectivity index (χ0n) is 77.1. The van der Waals surface area contributed by atoms with E-state index in [9.17, 15) is 0 Å². The lowest BCUT2D eigenvalue weighted by molar-refractivity contribution is 0.567. The fraction of sp³-hybridized carbons (Fsp3) is 0.549. The molecule has 0 aromatic heterocycles. The highest BCUT2D eigenvalue weighted by atomic mass is 35.5. The van der Waals surface area contributed by atoms with Gasteiger partial charge < -0.3 is 0 Å². The van der Waals surface area contributed by atoms with Crippen LogP contribution < -0.4 is 0 Å². The molecule has 2 aliphatic rings. The van der Waals surface area contributed by atoms with Crippen LogP contribution in [-0.4, -0.2) is 23.0 Å². The molecule has 0 aliphatic carbocycles. The third kappa shape index (κ3) is 24.7. The Morgan fingerprint density at radius 3 is 0.610 bits per heavy atom. The van der Waals surface area contributed by atoms with E-state index in [1.807, 2.05) is 141 Å². The van der Waals surface area contributed by atoms with Gasteiger partial charge in [-0.05, 0) is 182 Å². The van der Waals surface area contributed by atoms with Gasteiger partial charge in [0.1, 0.15) is 0 Å². The molecular weight excluding hydrogens is 1750 g/mol. The molecule has 0 saturated carbocycles. The van der Waals surface area contributed by atoms with E-state index in [1.54, 1.807) is 0 Å². The summed E-state index contributed by atoms with van der Waals surface area (Å²) in [5, 5.41) is 8.42. The smallest absolute Gasteiger partial charge is 0.0707 e. The predicted molar refractivity (Wildman–Crippen MR) is 553 cm³/mol. The van der Waals surface area contributed by atoms with E-state index < -0.39 is 0 Å². The SMILES string of the molecule is CC(C)CCSc1c(Cl)c2c(c3c(SCCC(C)C)c(Cl)c(SCc4cc(C(C)(C)C)cc(C(C)(C)C)c4)c(SCc4cc(C(C)(C)C)cc(C(C)(C)C)c4)c13)S/C(=C1/Sc3c(Cl)c(SCCC(C)C)c4c(SCc5cc(C(C)(C)C)cc(C(C)(C)C)c5)c(SCc5cc(C(C)(C)C)cc(C(C)(C)C)c5)c(Cl)c(SCCC(C)C)c4c3S1)S2. The molecule has 8 aromatic carbocycles. The molecule has 0 unspecified atom stereocenters. The van der Waals surface area contributed by atoms with Crippen molar-refractivity contribution in [3.63, 3.8) is 0 Å². The summed E-state index contributed by atoms with van der Waals surface area (Å²) < 4.78 is 2.47. The molecule has 0 spiro atoms. The molecule has 16 heteroatoms. The van der Waals surface area contributed by atoms with E-state index >= 15 is 0 Å². The van der Waals surface area contributed by atoms with Crippen LogP contribution in [0.1, 0.15) is 314 Å². The standard InChI is InChI=1S/C102H136Cl4S12/c1-57(2)33-37-107-81-73-75(83(109-39-35-59(5)6)77(103)89(113-55-63-45-69(99(21,22)23)51-70(46-63)100(24,25)26)85(73)111-53-61-41-65(95(9,10)11)49-66(42-61)96(12,13)14)87-91(79(81)105)117-93(115-87)94-116-88-76-74(82(80(106)92(88)118-94)108-38-34-58(3)4)86(112-54-62-43-67(97(15,16)17)50-68(44-62)98(18,19)20)90(78(104)84(76)110-40-36-60(7)8)114-56-64-47-71(101(27,28)29)52-72(48-64)102(30,31)32/h41-52,57-60H,33-40,53-56H2,1-32H3/b94-93-. The monoisotopic (exact) mass is 1880 g/mol. The molecule has 0 N–H and O–H groups in total. The Bertz CT molecular complexity index is 4560. The van der Waals surface area contributed by atoms with Crippen LogP contribution in [0.3, 0.4) is 0 Å². The van der Waals surface area contributed by atoms with Gasteiger partial charge in [0.15, 0.2) is 0 Å². The fourth-order valence-electron chi connectivity index (χ4n) is 13.8. The molecule has 2 aliphatic heterocycles. The van der Waals surface area contributed by atoms with Crippen LogP contribution in [0.2, 0.25) is 20.1 Å². The van der Waals surface area contributed by atoms with Crippen molar-refractivity contribution in [3.05, 3.63) is 168 Å². The highest BCUT2D eigenvalue weighted by Crippen LogP contribution is 2.70. The lowest BCUT2D eigenvalue weighted by Gasteiger charge is -2.27. The van der Waals surface area contributed by atoms with Crippen LogP contribution in [-0.2, 0) is 66.3 Å². The van der Waals surface area contributed by atoms with Gasteiger partial charge >= 0.3 is 0 Å². The summed E-state index contributed by atoms with van der Waals surface area (Å²) in [7, 11) is 0. The summed E-state index contributed by atoms with van der Waals surface area (Å²) in [6, 6.07) is 29.6. The second-order valence-electron chi connectivity index (χ2n) is 42.6. The molecule has 10 rings (SSSR count). The molecule has 0 atom stereocenters. The zero-order valence-corrected chi connectivity index (χ0v) is 90.0. The van der Waals surface area contributed by atoms with Gasteiger partial charge in [0.2, 0.25) is 0 Å². The molecular formula is C102H136Cl4S12. The Kier molecular flexibility index (Phi) is 33.5. The van der Waals surface area contributed by atoms with Crippen LogP contribution in [0.4, 0.5) is 0 Å². The molecule has 0 nitrogen and oxygen atoms in total. The fourth-order valence-corrected chi connectivity index (χ4v) is 32.4. The first-order chi connectivity index (χ1) is 54.5. The Hall–Kier alpha value is -0.620. The Morgan fingerprint density at radius 1 is 0.229 bits per heavy atom. The van der Waals surface area contributed by atoms with Gasteiger partial charge in [0.25, 0.3) is 0 Å². The zero-order chi connectivity index (χ0) is 87.4. The van der Waals surface area contributed by atoms with Gasteiger partial charge in [-0.25, -0.2) is 0 Å². The molecule has 2 heterocycles. The molecule has 118 heavy (non-hydrogen) atoms. The third-order valence-corrected chi connectivity index (χ3v) is 39.6. The molecule has 0 radical (unpaired) electrons. The van der Waals surface area contributed by atoms with E-state index in [0.29, 0.717) is 23.7 Å². The normalized spacial score (nSPS) is 14.8. The molecule has 0 saturated heterocycles. The van der Waals surface area contributed by atoms with Gasteiger partial charge in [-0.3, -0.25) is 0 Å². The quantitative estimate of drug-likeness (QED) is 0.0429. The van der Waals surface area contributed by atoms with E-state index in [2.05, 4.69) is 294 Å². The summed E-state index contributed by atoms with van der Waals surface area (Å²) in [4.78, 5) is 14.2. The van der Waals surface area contributed by atoms with E-state index in [1.165, 1.54) is 136 Å². The average Bonchev–Trinajstić information content (AvgIpc) is 1.45. The molecule has 644 valence electrons. The van der Waals surface area contributed by atoms with Crippen LogP contribution in [0.5, 0.6) is 0 Å². The van der Waals surface area contributed by atoms with Gasteiger partial charge in [0, 0.05) is 103 Å². The first kappa shape index (κ1) is 99.5. The highest BCUT2D eigenvalue weighted by molar-refractivity contribution is 8.30. The van der Waals surface area contributed by atoms with Crippen molar-refractivity contribution < 1.29 is 0 Å². The number of fused-ring (bicyclic) bond motifs is 6. The first-order valence-corrected chi connectivity index (χ1v) is 55.3.